The Hall–Kier alpha value is -1.89. The predicted molar refractivity (Wildman–Crippen MR) is 81.8 cm³/mol. The Kier molecular flexibility index (Phi) is 4.15. The number of aromatic amines is 1. The van der Waals surface area contributed by atoms with E-state index in [-0.39, 0.29) is 16.9 Å². The number of ether oxygens (including phenoxy) is 1. The predicted octanol–water partition coefficient (Wildman–Crippen LogP) is 0.519. The molecule has 2 N–H and O–H groups in total. The summed E-state index contributed by atoms with van der Waals surface area (Å²) in [6.45, 7) is 5.28. The van der Waals surface area contributed by atoms with Gasteiger partial charge in [0.15, 0.2) is 0 Å². The van der Waals surface area contributed by atoms with Crippen LogP contribution in [-0.4, -0.2) is 53.6 Å². The molecular weight excluding hydrogens is 284 g/mol. The third-order valence-electron chi connectivity index (χ3n) is 4.48. The van der Waals surface area contributed by atoms with E-state index >= 15 is 0 Å². The highest BCUT2D eigenvalue weighted by Gasteiger charge is 2.41. The fourth-order valence-corrected chi connectivity index (χ4v) is 3.25. The van der Waals surface area contributed by atoms with E-state index in [4.69, 9.17) is 4.74 Å². The van der Waals surface area contributed by atoms with Crippen LogP contribution >= 0.6 is 0 Å². The quantitative estimate of drug-likeness (QED) is 0.847. The summed E-state index contributed by atoms with van der Waals surface area (Å²) in [4.78, 5) is 32.2. The van der Waals surface area contributed by atoms with Gasteiger partial charge < -0.3 is 15.0 Å². The molecule has 0 bridgehead atoms. The largest absolute Gasteiger partial charge is 0.381 e. The van der Waals surface area contributed by atoms with Crippen LogP contribution in [0.2, 0.25) is 0 Å². The molecule has 2 saturated heterocycles. The zero-order chi connectivity index (χ0) is 15.6. The second-order valence-electron chi connectivity index (χ2n) is 6.28. The van der Waals surface area contributed by atoms with Gasteiger partial charge in [0.2, 0.25) is 11.9 Å². The van der Waals surface area contributed by atoms with E-state index in [9.17, 15) is 9.59 Å². The Morgan fingerprint density at radius 1 is 1.45 bits per heavy atom. The van der Waals surface area contributed by atoms with E-state index in [1.54, 1.807) is 6.92 Å². The van der Waals surface area contributed by atoms with Crippen molar-refractivity contribution in [3.05, 3.63) is 22.1 Å². The van der Waals surface area contributed by atoms with Gasteiger partial charge in [0.05, 0.1) is 6.61 Å². The van der Waals surface area contributed by atoms with Gasteiger partial charge in [-0.1, -0.05) is 0 Å². The van der Waals surface area contributed by atoms with Gasteiger partial charge in [0.25, 0.3) is 5.56 Å². The average Bonchev–Trinajstić information content (AvgIpc) is 2.90. The first-order valence-electron chi connectivity index (χ1n) is 7.74. The molecule has 2 aliphatic rings. The van der Waals surface area contributed by atoms with E-state index in [1.807, 2.05) is 4.90 Å². The van der Waals surface area contributed by atoms with Gasteiger partial charge in [0.1, 0.15) is 0 Å². The summed E-state index contributed by atoms with van der Waals surface area (Å²) in [6.07, 6.45) is 2.57. The minimum absolute atomic E-state index is 0.157. The van der Waals surface area contributed by atoms with Gasteiger partial charge in [0, 0.05) is 49.8 Å². The van der Waals surface area contributed by atoms with Crippen LogP contribution in [0.1, 0.15) is 25.0 Å². The number of piperidine rings is 1. The van der Waals surface area contributed by atoms with Gasteiger partial charge in [-0.2, -0.15) is 0 Å². The van der Waals surface area contributed by atoms with Crippen LogP contribution in [0.25, 0.3) is 0 Å². The van der Waals surface area contributed by atoms with Crippen molar-refractivity contribution in [3.63, 3.8) is 0 Å². The van der Waals surface area contributed by atoms with Crippen molar-refractivity contribution >= 4 is 11.9 Å². The van der Waals surface area contributed by atoms with Gasteiger partial charge >= 0.3 is 0 Å². The molecule has 1 atom stereocenters. The SMILES string of the molecule is Cc1cc(=O)[nH]c(NCCN2C[C@]3(CCOC3)CCC2=O)n1. The first-order valence-corrected chi connectivity index (χ1v) is 7.74. The molecule has 3 rings (SSSR count). The molecule has 1 aromatic rings. The molecule has 0 radical (unpaired) electrons. The van der Waals surface area contributed by atoms with Crippen molar-refractivity contribution in [1.82, 2.24) is 14.9 Å². The van der Waals surface area contributed by atoms with Gasteiger partial charge in [-0.15, -0.1) is 0 Å². The molecule has 0 saturated carbocycles. The van der Waals surface area contributed by atoms with Gasteiger partial charge in [-0.25, -0.2) is 4.98 Å². The van der Waals surface area contributed by atoms with E-state index < -0.39 is 0 Å². The molecular formula is C15H22N4O3. The summed E-state index contributed by atoms with van der Waals surface area (Å²) in [5.74, 6) is 0.651. The maximum absolute atomic E-state index is 12.1. The molecule has 0 unspecified atom stereocenters. The maximum atomic E-state index is 12.1. The number of hydrogen-bond acceptors (Lipinski definition) is 5. The molecule has 1 spiro atoms. The molecule has 0 aliphatic carbocycles. The molecule has 3 heterocycles. The van der Waals surface area contributed by atoms with E-state index in [1.165, 1.54) is 6.07 Å². The fraction of sp³-hybridized carbons (Fsp3) is 0.667. The fourth-order valence-electron chi connectivity index (χ4n) is 3.25. The van der Waals surface area contributed by atoms with Crippen molar-refractivity contribution in [2.75, 3.05) is 38.2 Å². The Morgan fingerprint density at radius 2 is 2.32 bits per heavy atom. The molecule has 2 aliphatic heterocycles. The number of nitrogens with zero attached hydrogens (tertiary/aromatic N) is 2. The van der Waals surface area contributed by atoms with Crippen LogP contribution < -0.4 is 10.9 Å². The zero-order valence-corrected chi connectivity index (χ0v) is 12.9. The Balaban J connectivity index is 1.55. The molecule has 22 heavy (non-hydrogen) atoms. The monoisotopic (exact) mass is 306 g/mol. The number of aryl methyl sites for hydroxylation is 1. The third kappa shape index (κ3) is 3.30. The second kappa shape index (κ2) is 6.08. The van der Waals surface area contributed by atoms with Gasteiger partial charge in [-0.3, -0.25) is 14.6 Å². The number of anilines is 1. The molecule has 0 aromatic carbocycles. The van der Waals surface area contributed by atoms with Crippen molar-refractivity contribution in [2.24, 2.45) is 5.41 Å². The zero-order valence-electron chi connectivity index (χ0n) is 12.9. The molecule has 120 valence electrons. The van der Waals surface area contributed by atoms with Crippen molar-refractivity contribution < 1.29 is 9.53 Å². The second-order valence-corrected chi connectivity index (χ2v) is 6.28. The lowest BCUT2D eigenvalue weighted by Gasteiger charge is -2.39. The number of carbonyl (C=O) groups is 1. The molecule has 2 fully saturated rings. The topological polar surface area (TPSA) is 87.3 Å². The molecule has 1 amide bonds. The first-order chi connectivity index (χ1) is 10.6. The number of H-pyrrole nitrogens is 1. The lowest BCUT2D eigenvalue weighted by molar-refractivity contribution is -0.137. The number of nitrogens with one attached hydrogen (secondary N) is 2. The Morgan fingerprint density at radius 3 is 3.05 bits per heavy atom. The average molecular weight is 306 g/mol. The van der Waals surface area contributed by atoms with E-state index in [2.05, 4.69) is 15.3 Å². The van der Waals surface area contributed by atoms with Crippen LogP contribution in [0.5, 0.6) is 0 Å². The van der Waals surface area contributed by atoms with Crippen molar-refractivity contribution in [3.8, 4) is 0 Å². The summed E-state index contributed by atoms with van der Waals surface area (Å²) >= 11 is 0. The molecule has 1 aromatic heterocycles. The highest BCUT2D eigenvalue weighted by atomic mass is 16.5. The van der Waals surface area contributed by atoms with Crippen molar-refractivity contribution in [1.29, 1.82) is 0 Å². The Labute approximate surface area is 129 Å². The number of likely N-dealkylation sites (tertiary alicyclic amines) is 1. The summed E-state index contributed by atoms with van der Waals surface area (Å²) in [5.41, 5.74) is 0.651. The number of rotatable bonds is 4. The number of hydrogen-bond donors (Lipinski definition) is 2. The standard InChI is InChI=1S/C15H22N4O3/c1-11-8-12(20)18-14(17-11)16-5-6-19-9-15(3-2-13(19)21)4-7-22-10-15/h8H,2-7,9-10H2,1H3,(H2,16,17,18,20)/t15-/m1/s1. The maximum Gasteiger partial charge on any atom is 0.252 e. The van der Waals surface area contributed by atoms with Crippen LogP contribution in [0.3, 0.4) is 0 Å². The summed E-state index contributed by atoms with van der Waals surface area (Å²) in [5, 5.41) is 3.08. The van der Waals surface area contributed by atoms with E-state index in [0.717, 1.165) is 32.6 Å². The van der Waals surface area contributed by atoms with Crippen LogP contribution in [0, 0.1) is 12.3 Å². The third-order valence-corrected chi connectivity index (χ3v) is 4.48. The van der Waals surface area contributed by atoms with E-state index in [0.29, 0.717) is 31.2 Å². The molecule has 7 heteroatoms. The minimum Gasteiger partial charge on any atom is -0.381 e. The van der Waals surface area contributed by atoms with Crippen LogP contribution in [0.15, 0.2) is 10.9 Å². The van der Waals surface area contributed by atoms with Crippen molar-refractivity contribution in [2.45, 2.75) is 26.2 Å². The number of aromatic nitrogens is 2. The molecule has 7 nitrogen and oxygen atoms in total. The lowest BCUT2D eigenvalue weighted by Crippen LogP contribution is -2.48. The summed E-state index contributed by atoms with van der Waals surface area (Å²) in [7, 11) is 0. The first kappa shape index (κ1) is 15.0. The summed E-state index contributed by atoms with van der Waals surface area (Å²) in [6, 6.07) is 1.45. The normalized spacial score (nSPS) is 25.0. The lowest BCUT2D eigenvalue weighted by atomic mass is 9.79. The number of amides is 1. The smallest absolute Gasteiger partial charge is 0.252 e. The van der Waals surface area contributed by atoms with Crippen LogP contribution in [0.4, 0.5) is 5.95 Å². The highest BCUT2D eigenvalue weighted by Crippen LogP contribution is 2.37. The highest BCUT2D eigenvalue weighted by molar-refractivity contribution is 5.77. The minimum atomic E-state index is -0.175. The summed E-state index contributed by atoms with van der Waals surface area (Å²) < 4.78 is 5.52. The Bertz CT molecular complexity index is 607. The van der Waals surface area contributed by atoms with Crippen LogP contribution in [-0.2, 0) is 9.53 Å². The van der Waals surface area contributed by atoms with Gasteiger partial charge in [-0.05, 0) is 19.8 Å². The number of carbonyl (C=O) groups excluding carboxylic acids is 1.